The second-order valence-electron chi connectivity index (χ2n) is 2.97. The summed E-state index contributed by atoms with van der Waals surface area (Å²) in [5.41, 5.74) is 0.338. The molecule has 0 atom stereocenters. The van der Waals surface area contributed by atoms with E-state index >= 15 is 0 Å². The third-order valence-electron chi connectivity index (χ3n) is 1.82. The lowest BCUT2D eigenvalue weighted by Gasteiger charge is -2.06. The SMILES string of the molecule is O=C(OCCl)c1ccc(OCCO[N+](=O)[O-])cc1. The van der Waals surface area contributed by atoms with Crippen LogP contribution in [0, 0.1) is 10.1 Å². The van der Waals surface area contributed by atoms with Crippen LogP contribution in [0.25, 0.3) is 0 Å². The second kappa shape index (κ2) is 7.33. The van der Waals surface area contributed by atoms with Gasteiger partial charge in [0, 0.05) is 0 Å². The van der Waals surface area contributed by atoms with E-state index in [1.165, 1.54) is 24.3 Å². The molecule has 0 aromatic heterocycles. The van der Waals surface area contributed by atoms with E-state index in [1.807, 2.05) is 0 Å². The van der Waals surface area contributed by atoms with Gasteiger partial charge in [0.1, 0.15) is 19.0 Å². The van der Waals surface area contributed by atoms with Gasteiger partial charge < -0.3 is 14.3 Å². The largest absolute Gasteiger partial charge is 0.492 e. The number of halogens is 1. The van der Waals surface area contributed by atoms with Crippen LogP contribution in [-0.2, 0) is 9.57 Å². The van der Waals surface area contributed by atoms with Gasteiger partial charge in [-0.3, -0.25) is 0 Å². The summed E-state index contributed by atoms with van der Waals surface area (Å²) in [6.45, 7) is -0.129. The molecule has 0 unspecified atom stereocenters. The first kappa shape index (κ1) is 14.0. The van der Waals surface area contributed by atoms with Gasteiger partial charge in [0.05, 0.1) is 5.56 Å². The van der Waals surface area contributed by atoms with Crippen LogP contribution in [-0.4, -0.2) is 30.3 Å². The van der Waals surface area contributed by atoms with Crippen molar-refractivity contribution in [2.45, 2.75) is 0 Å². The minimum absolute atomic E-state index is 0.0342. The summed E-state index contributed by atoms with van der Waals surface area (Å²) in [6.07, 6.45) is 0. The Morgan fingerprint density at radius 3 is 2.50 bits per heavy atom. The standard InChI is InChI=1S/C10H10ClNO6/c11-7-17-10(13)8-1-3-9(4-2-8)16-5-6-18-12(14)15/h1-4H,5-7H2. The van der Waals surface area contributed by atoms with Crippen LogP contribution in [0.3, 0.4) is 0 Å². The summed E-state index contributed by atoms with van der Waals surface area (Å²) in [4.78, 5) is 25.2. The maximum atomic E-state index is 11.2. The molecule has 0 aliphatic carbocycles. The predicted molar refractivity (Wildman–Crippen MR) is 61.0 cm³/mol. The average molecular weight is 276 g/mol. The lowest BCUT2D eigenvalue weighted by Crippen LogP contribution is -2.10. The molecule has 0 heterocycles. The third-order valence-corrected chi connectivity index (χ3v) is 1.93. The molecule has 0 fully saturated rings. The lowest BCUT2D eigenvalue weighted by atomic mass is 10.2. The normalized spacial score (nSPS) is 9.61. The van der Waals surface area contributed by atoms with E-state index in [9.17, 15) is 14.9 Å². The predicted octanol–water partition coefficient (Wildman–Crippen LogP) is 1.63. The van der Waals surface area contributed by atoms with Gasteiger partial charge in [-0.1, -0.05) is 11.6 Å². The molecular formula is C10H10ClNO6. The summed E-state index contributed by atoms with van der Waals surface area (Å²) in [5.74, 6) is -0.0717. The van der Waals surface area contributed by atoms with Crippen molar-refractivity contribution in [1.82, 2.24) is 0 Å². The highest BCUT2D eigenvalue weighted by molar-refractivity contribution is 6.17. The zero-order valence-electron chi connectivity index (χ0n) is 9.21. The number of alkyl halides is 1. The van der Waals surface area contributed by atoms with Crippen molar-refractivity contribution in [1.29, 1.82) is 0 Å². The summed E-state index contributed by atoms with van der Waals surface area (Å²) >= 11 is 5.25. The summed E-state index contributed by atoms with van der Waals surface area (Å²) in [7, 11) is 0. The number of rotatable bonds is 7. The maximum Gasteiger partial charge on any atom is 0.339 e. The topological polar surface area (TPSA) is 87.9 Å². The fraction of sp³-hybridized carbons (Fsp3) is 0.300. The highest BCUT2D eigenvalue weighted by atomic mass is 35.5. The van der Waals surface area contributed by atoms with Crippen molar-refractivity contribution in [2.24, 2.45) is 0 Å². The fourth-order valence-electron chi connectivity index (χ4n) is 1.09. The van der Waals surface area contributed by atoms with E-state index in [2.05, 4.69) is 9.57 Å². The number of carbonyl (C=O) groups excluding carboxylic acids is 1. The number of nitrogens with zero attached hydrogens (tertiary/aromatic N) is 1. The Kier molecular flexibility index (Phi) is 5.72. The summed E-state index contributed by atoms with van der Waals surface area (Å²) < 4.78 is 9.73. The van der Waals surface area contributed by atoms with Gasteiger partial charge in [0.25, 0.3) is 5.09 Å². The molecular weight excluding hydrogens is 266 g/mol. The molecule has 0 saturated carbocycles. The summed E-state index contributed by atoms with van der Waals surface area (Å²) in [5, 5.41) is 8.96. The van der Waals surface area contributed by atoms with Crippen molar-refractivity contribution in [3.05, 3.63) is 39.9 Å². The van der Waals surface area contributed by atoms with Gasteiger partial charge in [-0.15, -0.1) is 10.1 Å². The second-order valence-corrected chi connectivity index (χ2v) is 3.19. The molecule has 0 amide bonds. The van der Waals surface area contributed by atoms with Gasteiger partial charge in [0.2, 0.25) is 0 Å². The monoisotopic (exact) mass is 275 g/mol. The molecule has 18 heavy (non-hydrogen) atoms. The molecule has 0 aliphatic rings. The Bertz CT molecular complexity index is 407. The van der Waals surface area contributed by atoms with E-state index in [1.54, 1.807) is 0 Å². The molecule has 0 N–H and O–H groups in total. The molecule has 0 aliphatic heterocycles. The van der Waals surface area contributed by atoms with Crippen molar-refractivity contribution in [2.75, 3.05) is 19.3 Å². The highest BCUT2D eigenvalue weighted by Crippen LogP contribution is 2.13. The van der Waals surface area contributed by atoms with Gasteiger partial charge in [-0.2, -0.15) is 0 Å². The van der Waals surface area contributed by atoms with Crippen LogP contribution in [0.2, 0.25) is 0 Å². The van der Waals surface area contributed by atoms with Gasteiger partial charge >= 0.3 is 5.97 Å². The zero-order chi connectivity index (χ0) is 13.4. The molecule has 0 saturated heterocycles. The number of benzene rings is 1. The first-order valence-electron chi connectivity index (χ1n) is 4.86. The number of hydrogen-bond donors (Lipinski definition) is 0. The Morgan fingerprint density at radius 2 is 1.94 bits per heavy atom. The van der Waals surface area contributed by atoms with Crippen LogP contribution in [0.4, 0.5) is 0 Å². The van der Waals surface area contributed by atoms with Crippen molar-refractivity contribution >= 4 is 17.6 Å². The molecule has 1 rings (SSSR count). The summed E-state index contributed by atoms with van der Waals surface area (Å²) in [6, 6.07) is 5.86. The first-order chi connectivity index (χ1) is 8.63. The van der Waals surface area contributed by atoms with Gasteiger partial charge in [-0.05, 0) is 24.3 Å². The van der Waals surface area contributed by atoms with E-state index in [0.717, 1.165) is 0 Å². The van der Waals surface area contributed by atoms with E-state index < -0.39 is 11.1 Å². The number of carbonyl (C=O) groups is 1. The van der Waals surface area contributed by atoms with Crippen LogP contribution < -0.4 is 4.74 Å². The Balaban J connectivity index is 2.40. The lowest BCUT2D eigenvalue weighted by molar-refractivity contribution is -0.757. The molecule has 1 aromatic carbocycles. The maximum absolute atomic E-state index is 11.2. The fourth-order valence-corrected chi connectivity index (χ4v) is 1.19. The van der Waals surface area contributed by atoms with E-state index in [0.29, 0.717) is 11.3 Å². The number of esters is 1. The van der Waals surface area contributed by atoms with Gasteiger partial charge in [-0.25, -0.2) is 4.79 Å². The van der Waals surface area contributed by atoms with Crippen LogP contribution in [0.5, 0.6) is 5.75 Å². The van der Waals surface area contributed by atoms with Crippen molar-refractivity contribution in [3.63, 3.8) is 0 Å². The molecule has 8 heteroatoms. The number of hydrogen-bond acceptors (Lipinski definition) is 6. The Morgan fingerprint density at radius 1 is 1.28 bits per heavy atom. The zero-order valence-corrected chi connectivity index (χ0v) is 9.96. The molecule has 7 nitrogen and oxygen atoms in total. The van der Waals surface area contributed by atoms with Gasteiger partial charge in [0.15, 0.2) is 6.07 Å². The minimum atomic E-state index is -0.894. The Labute approximate surface area is 107 Å². The smallest absolute Gasteiger partial charge is 0.339 e. The van der Waals surface area contributed by atoms with Crippen molar-refractivity contribution in [3.8, 4) is 5.75 Å². The molecule has 0 spiro atoms. The molecule has 1 aromatic rings. The average Bonchev–Trinajstić information content (AvgIpc) is 2.35. The molecule has 0 bridgehead atoms. The minimum Gasteiger partial charge on any atom is -0.492 e. The molecule has 98 valence electrons. The van der Waals surface area contributed by atoms with E-state index in [4.69, 9.17) is 16.3 Å². The van der Waals surface area contributed by atoms with E-state index in [-0.39, 0.29) is 19.3 Å². The first-order valence-corrected chi connectivity index (χ1v) is 5.40. The highest BCUT2D eigenvalue weighted by Gasteiger charge is 2.06. The van der Waals surface area contributed by atoms with Crippen LogP contribution >= 0.6 is 11.6 Å². The van der Waals surface area contributed by atoms with Crippen LogP contribution in [0.1, 0.15) is 10.4 Å². The number of ether oxygens (including phenoxy) is 2. The van der Waals surface area contributed by atoms with Crippen LogP contribution in [0.15, 0.2) is 24.3 Å². The molecule has 0 radical (unpaired) electrons. The van der Waals surface area contributed by atoms with Crippen molar-refractivity contribution < 1.29 is 24.2 Å². The third kappa shape index (κ3) is 4.88. The Hall–Kier alpha value is -2.02. The quantitative estimate of drug-likeness (QED) is 0.247.